The molecule has 3 rings (SSSR count). The summed E-state index contributed by atoms with van der Waals surface area (Å²) in [5, 5.41) is 3.07. The number of sulfonamides is 1. The number of pyridine rings is 1. The lowest BCUT2D eigenvalue weighted by Crippen LogP contribution is -2.15. The Kier molecular flexibility index (Phi) is 5.88. The van der Waals surface area contributed by atoms with Crippen LogP contribution in [0, 0.1) is 6.92 Å². The minimum atomic E-state index is -3.93. The Bertz CT molecular complexity index is 1130. The molecule has 1 heterocycles. The number of hydrogen-bond acceptors (Lipinski definition) is 4. The summed E-state index contributed by atoms with van der Waals surface area (Å²) in [7, 11) is -3.93. The first-order chi connectivity index (χ1) is 13.3. The van der Waals surface area contributed by atoms with Crippen molar-refractivity contribution in [1.82, 2.24) is 4.98 Å². The van der Waals surface area contributed by atoms with E-state index in [0.29, 0.717) is 11.3 Å². The molecule has 0 atom stereocenters. The fraction of sp³-hybridized carbons (Fsp3) is 0.0526. The van der Waals surface area contributed by atoms with Crippen LogP contribution in [-0.2, 0) is 10.0 Å². The maximum absolute atomic E-state index is 12.5. The van der Waals surface area contributed by atoms with Gasteiger partial charge in [-0.3, -0.25) is 14.5 Å². The third kappa shape index (κ3) is 4.62. The highest BCUT2D eigenvalue weighted by molar-refractivity contribution is 7.92. The van der Waals surface area contributed by atoms with Gasteiger partial charge in [0.25, 0.3) is 15.9 Å². The Morgan fingerprint density at radius 1 is 1.04 bits per heavy atom. The van der Waals surface area contributed by atoms with E-state index < -0.39 is 10.0 Å². The molecule has 28 heavy (non-hydrogen) atoms. The number of anilines is 2. The topological polar surface area (TPSA) is 88.2 Å². The van der Waals surface area contributed by atoms with Gasteiger partial charge in [-0.2, -0.15) is 0 Å². The van der Waals surface area contributed by atoms with Gasteiger partial charge in [0.05, 0.1) is 16.9 Å². The molecule has 0 aliphatic rings. The summed E-state index contributed by atoms with van der Waals surface area (Å²) in [5.41, 5.74) is 2.14. The van der Waals surface area contributed by atoms with Gasteiger partial charge >= 0.3 is 0 Å². The van der Waals surface area contributed by atoms with E-state index in [9.17, 15) is 13.2 Å². The predicted octanol–water partition coefficient (Wildman–Crippen LogP) is 4.75. The minimum absolute atomic E-state index is 0.0553. The molecule has 0 aliphatic carbocycles. The summed E-state index contributed by atoms with van der Waals surface area (Å²) in [4.78, 5) is 16.2. The van der Waals surface area contributed by atoms with E-state index in [1.54, 1.807) is 18.5 Å². The lowest BCUT2D eigenvalue weighted by Gasteiger charge is -2.11. The standard InChI is InChI=1S/C19H15Cl2N3O3S/c1-12-8-9-22-11-17(12)23-19(25)13-2-5-15(6-3-13)24-28(26,27)18-10-14(20)4-7-16(18)21/h2-11,24H,1H3,(H,23,25). The first-order valence-corrected chi connectivity index (χ1v) is 10.3. The van der Waals surface area contributed by atoms with Crippen molar-refractivity contribution in [2.45, 2.75) is 11.8 Å². The van der Waals surface area contributed by atoms with Crippen molar-refractivity contribution < 1.29 is 13.2 Å². The number of halogens is 2. The van der Waals surface area contributed by atoms with Gasteiger partial charge < -0.3 is 5.32 Å². The quantitative estimate of drug-likeness (QED) is 0.604. The van der Waals surface area contributed by atoms with E-state index in [2.05, 4.69) is 15.0 Å². The molecule has 0 fully saturated rings. The molecule has 2 N–H and O–H groups in total. The second kappa shape index (κ2) is 8.18. The average molecular weight is 436 g/mol. The molecule has 1 aromatic heterocycles. The predicted molar refractivity (Wildman–Crippen MR) is 111 cm³/mol. The maximum Gasteiger partial charge on any atom is 0.263 e. The van der Waals surface area contributed by atoms with Gasteiger partial charge in [-0.15, -0.1) is 0 Å². The maximum atomic E-state index is 12.5. The number of aromatic nitrogens is 1. The molecule has 144 valence electrons. The summed E-state index contributed by atoms with van der Waals surface area (Å²) >= 11 is 11.8. The van der Waals surface area contributed by atoms with Gasteiger partial charge in [-0.25, -0.2) is 8.42 Å². The largest absolute Gasteiger partial charge is 0.320 e. The Morgan fingerprint density at radius 3 is 2.43 bits per heavy atom. The van der Waals surface area contributed by atoms with Crippen molar-refractivity contribution in [1.29, 1.82) is 0 Å². The first kappa shape index (κ1) is 20.1. The monoisotopic (exact) mass is 435 g/mol. The van der Waals surface area contributed by atoms with Crippen molar-refractivity contribution in [3.05, 3.63) is 82.1 Å². The number of aryl methyl sites for hydroxylation is 1. The Hall–Kier alpha value is -2.61. The highest BCUT2D eigenvalue weighted by Gasteiger charge is 2.19. The number of nitrogens with one attached hydrogen (secondary N) is 2. The fourth-order valence-corrected chi connectivity index (χ4v) is 4.19. The zero-order valence-corrected chi connectivity index (χ0v) is 16.9. The molecular formula is C19H15Cl2N3O3S. The van der Waals surface area contributed by atoms with Crippen LogP contribution < -0.4 is 10.0 Å². The van der Waals surface area contributed by atoms with Crippen LogP contribution in [0.5, 0.6) is 0 Å². The van der Waals surface area contributed by atoms with Crippen LogP contribution in [0.15, 0.2) is 65.8 Å². The summed E-state index contributed by atoms with van der Waals surface area (Å²) in [6.07, 6.45) is 3.20. The van der Waals surface area contributed by atoms with Gasteiger partial charge in [0.1, 0.15) is 4.90 Å². The molecule has 0 radical (unpaired) electrons. The zero-order valence-electron chi connectivity index (χ0n) is 14.6. The summed E-state index contributed by atoms with van der Waals surface area (Å²) in [6.45, 7) is 1.86. The molecule has 1 amide bonds. The van der Waals surface area contributed by atoms with Gasteiger partial charge in [-0.05, 0) is 61.0 Å². The third-order valence-corrected chi connectivity index (χ3v) is 5.97. The van der Waals surface area contributed by atoms with Crippen LogP contribution in [0.1, 0.15) is 15.9 Å². The van der Waals surface area contributed by atoms with Crippen molar-refractivity contribution in [2.24, 2.45) is 0 Å². The molecule has 9 heteroatoms. The number of rotatable bonds is 5. The van der Waals surface area contributed by atoms with Crippen molar-refractivity contribution in [3.8, 4) is 0 Å². The van der Waals surface area contributed by atoms with E-state index >= 15 is 0 Å². The molecule has 0 unspecified atom stereocenters. The smallest absolute Gasteiger partial charge is 0.263 e. The zero-order chi connectivity index (χ0) is 20.3. The summed E-state index contributed by atoms with van der Waals surface area (Å²) in [5.74, 6) is -0.330. The molecule has 0 saturated heterocycles. The van der Waals surface area contributed by atoms with Crippen LogP contribution in [0.4, 0.5) is 11.4 Å². The fourth-order valence-electron chi connectivity index (χ4n) is 2.37. The summed E-state index contributed by atoms with van der Waals surface area (Å²) < 4.78 is 27.5. The van der Waals surface area contributed by atoms with E-state index in [0.717, 1.165) is 5.56 Å². The van der Waals surface area contributed by atoms with E-state index in [-0.39, 0.29) is 26.5 Å². The molecule has 0 saturated carbocycles. The van der Waals surface area contributed by atoms with E-state index in [1.165, 1.54) is 42.5 Å². The van der Waals surface area contributed by atoms with Crippen molar-refractivity contribution in [2.75, 3.05) is 10.0 Å². The molecular weight excluding hydrogens is 421 g/mol. The minimum Gasteiger partial charge on any atom is -0.320 e. The molecule has 6 nitrogen and oxygen atoms in total. The lowest BCUT2D eigenvalue weighted by molar-refractivity contribution is 0.102. The van der Waals surface area contributed by atoms with Crippen LogP contribution in [-0.4, -0.2) is 19.3 Å². The number of amides is 1. The molecule has 3 aromatic rings. The van der Waals surface area contributed by atoms with Crippen LogP contribution >= 0.6 is 23.2 Å². The normalized spacial score (nSPS) is 11.1. The number of hydrogen-bond donors (Lipinski definition) is 2. The highest BCUT2D eigenvalue weighted by atomic mass is 35.5. The van der Waals surface area contributed by atoms with Gasteiger partial charge in [-0.1, -0.05) is 23.2 Å². The van der Waals surface area contributed by atoms with E-state index in [1.807, 2.05) is 6.92 Å². The van der Waals surface area contributed by atoms with Gasteiger partial charge in [0.2, 0.25) is 0 Å². The molecule has 0 aliphatic heterocycles. The van der Waals surface area contributed by atoms with Crippen molar-refractivity contribution in [3.63, 3.8) is 0 Å². The molecule has 0 spiro atoms. The second-order valence-corrected chi connectivity index (χ2v) is 8.40. The van der Waals surface area contributed by atoms with Crippen LogP contribution in [0.25, 0.3) is 0 Å². The number of nitrogens with zero attached hydrogens (tertiary/aromatic N) is 1. The number of carbonyl (C=O) groups excluding carboxylic acids is 1. The second-order valence-electron chi connectivity index (χ2n) is 5.90. The summed E-state index contributed by atoms with van der Waals surface area (Å²) in [6, 6.07) is 12.0. The van der Waals surface area contributed by atoms with E-state index in [4.69, 9.17) is 23.2 Å². The number of benzene rings is 2. The Balaban J connectivity index is 1.76. The Morgan fingerprint density at radius 2 is 1.75 bits per heavy atom. The molecule has 0 bridgehead atoms. The van der Waals surface area contributed by atoms with Gasteiger partial charge in [0.15, 0.2) is 0 Å². The third-order valence-electron chi connectivity index (χ3n) is 3.87. The Labute approximate surface area is 172 Å². The average Bonchev–Trinajstić information content (AvgIpc) is 2.65. The van der Waals surface area contributed by atoms with Crippen LogP contribution in [0.2, 0.25) is 10.0 Å². The van der Waals surface area contributed by atoms with Crippen LogP contribution in [0.3, 0.4) is 0 Å². The van der Waals surface area contributed by atoms with Gasteiger partial charge in [0, 0.05) is 22.5 Å². The lowest BCUT2D eigenvalue weighted by atomic mass is 10.2. The number of carbonyl (C=O) groups is 1. The molecule has 2 aromatic carbocycles. The SMILES string of the molecule is Cc1ccncc1NC(=O)c1ccc(NS(=O)(=O)c2cc(Cl)ccc2Cl)cc1. The van der Waals surface area contributed by atoms with Crippen molar-refractivity contribution >= 4 is 50.5 Å². The first-order valence-electron chi connectivity index (χ1n) is 8.06. The highest BCUT2D eigenvalue weighted by Crippen LogP contribution is 2.27.